The third kappa shape index (κ3) is 6.25. The number of likely N-dealkylation sites (tertiary alicyclic amines) is 1. The van der Waals surface area contributed by atoms with E-state index >= 15 is 0 Å². The molecule has 0 saturated carbocycles. The third-order valence-corrected chi connectivity index (χ3v) is 3.37. The second kappa shape index (κ2) is 9.15. The van der Waals surface area contributed by atoms with Gasteiger partial charge in [0.1, 0.15) is 0 Å². The summed E-state index contributed by atoms with van der Waals surface area (Å²) in [6.07, 6.45) is 3.77. The van der Waals surface area contributed by atoms with Crippen molar-refractivity contribution >= 4 is 24.2 Å². The summed E-state index contributed by atoms with van der Waals surface area (Å²) < 4.78 is 0. The van der Waals surface area contributed by atoms with Gasteiger partial charge in [-0.25, -0.2) is 0 Å². The summed E-state index contributed by atoms with van der Waals surface area (Å²) in [6, 6.07) is -0.491. The Balaban J connectivity index is 0.00000324. The molecule has 0 aromatic heterocycles. The first-order valence-corrected chi connectivity index (χ1v) is 6.83. The lowest BCUT2D eigenvalue weighted by Gasteiger charge is -2.26. The van der Waals surface area contributed by atoms with Gasteiger partial charge in [-0.05, 0) is 25.2 Å². The predicted octanol–water partition coefficient (Wildman–Crippen LogP) is 0.910. The van der Waals surface area contributed by atoms with Crippen molar-refractivity contribution in [2.45, 2.75) is 45.6 Å². The summed E-state index contributed by atoms with van der Waals surface area (Å²) in [5.41, 5.74) is 5.71. The number of nitrogens with two attached hydrogens (primary N) is 1. The second-order valence-electron chi connectivity index (χ2n) is 5.25. The van der Waals surface area contributed by atoms with Crippen molar-refractivity contribution in [2.24, 2.45) is 11.7 Å². The Hall–Kier alpha value is -0.810. The highest BCUT2D eigenvalue weighted by molar-refractivity contribution is 5.85. The first-order valence-electron chi connectivity index (χ1n) is 6.83. The number of carbonyl (C=O) groups is 2. The fraction of sp³-hybridized carbons (Fsp3) is 0.846. The number of halogens is 1. The van der Waals surface area contributed by atoms with Crippen LogP contribution in [0.4, 0.5) is 0 Å². The zero-order chi connectivity index (χ0) is 13.5. The smallest absolute Gasteiger partial charge is 0.237 e. The molecule has 0 unspecified atom stereocenters. The standard InChI is InChI=1S/C13H25N3O2.ClH/c1-10(2)12(14)13(18)15-7-6-11(17)16-8-4-3-5-9-16;/h10,12H,3-9,14H2,1-2H3,(H,15,18);1H/t12-;/m0./s1. The molecule has 0 spiro atoms. The Bertz CT molecular complexity index is 292. The third-order valence-electron chi connectivity index (χ3n) is 3.37. The van der Waals surface area contributed by atoms with E-state index in [4.69, 9.17) is 5.73 Å². The maximum Gasteiger partial charge on any atom is 0.237 e. The number of amides is 2. The van der Waals surface area contributed by atoms with Crippen LogP contribution in [-0.2, 0) is 9.59 Å². The van der Waals surface area contributed by atoms with E-state index in [9.17, 15) is 9.59 Å². The molecule has 1 rings (SSSR count). The van der Waals surface area contributed by atoms with Crippen LogP contribution in [0.25, 0.3) is 0 Å². The molecule has 1 aliphatic rings. The molecule has 0 aromatic rings. The summed E-state index contributed by atoms with van der Waals surface area (Å²) in [7, 11) is 0. The molecule has 112 valence electrons. The van der Waals surface area contributed by atoms with Crippen molar-refractivity contribution < 1.29 is 9.59 Å². The normalized spacial score (nSPS) is 16.7. The Morgan fingerprint density at radius 3 is 2.32 bits per heavy atom. The van der Waals surface area contributed by atoms with Gasteiger partial charge in [0.25, 0.3) is 0 Å². The topological polar surface area (TPSA) is 75.4 Å². The minimum absolute atomic E-state index is 0. The highest BCUT2D eigenvalue weighted by Crippen LogP contribution is 2.09. The van der Waals surface area contributed by atoms with E-state index in [2.05, 4.69) is 5.32 Å². The molecule has 2 amide bonds. The molecule has 3 N–H and O–H groups in total. The zero-order valence-corrected chi connectivity index (χ0v) is 12.7. The molecular formula is C13H26ClN3O2. The zero-order valence-electron chi connectivity index (χ0n) is 11.9. The molecule has 1 saturated heterocycles. The molecule has 0 aliphatic carbocycles. The highest BCUT2D eigenvalue weighted by atomic mass is 35.5. The average Bonchev–Trinajstić information content (AvgIpc) is 2.38. The number of nitrogens with zero attached hydrogens (tertiary/aromatic N) is 1. The van der Waals surface area contributed by atoms with E-state index in [1.54, 1.807) is 0 Å². The van der Waals surface area contributed by atoms with Crippen molar-refractivity contribution in [1.29, 1.82) is 0 Å². The Kier molecular flexibility index (Phi) is 8.76. The van der Waals surface area contributed by atoms with Crippen LogP contribution in [0.1, 0.15) is 39.5 Å². The van der Waals surface area contributed by atoms with E-state index < -0.39 is 6.04 Å². The van der Waals surface area contributed by atoms with E-state index in [1.807, 2.05) is 18.7 Å². The van der Waals surface area contributed by atoms with Gasteiger partial charge in [-0.3, -0.25) is 9.59 Å². The second-order valence-corrected chi connectivity index (χ2v) is 5.25. The molecule has 0 radical (unpaired) electrons. The number of piperidine rings is 1. The summed E-state index contributed by atoms with van der Waals surface area (Å²) in [5.74, 6) is 0.0763. The van der Waals surface area contributed by atoms with Crippen LogP contribution < -0.4 is 11.1 Å². The van der Waals surface area contributed by atoms with E-state index in [0.717, 1.165) is 25.9 Å². The Labute approximate surface area is 121 Å². The molecule has 1 atom stereocenters. The predicted molar refractivity (Wildman–Crippen MR) is 78.1 cm³/mol. The van der Waals surface area contributed by atoms with Crippen LogP contribution in [0, 0.1) is 5.92 Å². The number of hydrogen-bond acceptors (Lipinski definition) is 3. The van der Waals surface area contributed by atoms with Gasteiger partial charge in [0.15, 0.2) is 0 Å². The van der Waals surface area contributed by atoms with Gasteiger partial charge in [0.05, 0.1) is 6.04 Å². The number of carbonyl (C=O) groups excluding carboxylic acids is 2. The van der Waals surface area contributed by atoms with Crippen molar-refractivity contribution in [3.05, 3.63) is 0 Å². The van der Waals surface area contributed by atoms with Crippen LogP contribution >= 0.6 is 12.4 Å². The first-order chi connectivity index (χ1) is 8.52. The van der Waals surface area contributed by atoms with Crippen LogP contribution in [0.2, 0.25) is 0 Å². The van der Waals surface area contributed by atoms with Crippen molar-refractivity contribution in [1.82, 2.24) is 10.2 Å². The maximum atomic E-state index is 11.8. The van der Waals surface area contributed by atoms with Crippen LogP contribution in [0.15, 0.2) is 0 Å². The quantitative estimate of drug-likeness (QED) is 0.790. The van der Waals surface area contributed by atoms with Crippen molar-refractivity contribution in [3.63, 3.8) is 0 Å². The molecule has 1 heterocycles. The van der Waals surface area contributed by atoms with Gasteiger partial charge in [-0.1, -0.05) is 13.8 Å². The van der Waals surface area contributed by atoms with E-state index in [-0.39, 0.29) is 30.1 Å². The van der Waals surface area contributed by atoms with E-state index in [0.29, 0.717) is 13.0 Å². The minimum Gasteiger partial charge on any atom is -0.354 e. The largest absolute Gasteiger partial charge is 0.354 e. The fourth-order valence-corrected chi connectivity index (χ4v) is 2.01. The van der Waals surface area contributed by atoms with Gasteiger partial charge in [-0.2, -0.15) is 0 Å². The molecule has 0 bridgehead atoms. The molecule has 6 heteroatoms. The molecule has 19 heavy (non-hydrogen) atoms. The monoisotopic (exact) mass is 291 g/mol. The van der Waals surface area contributed by atoms with Crippen LogP contribution in [0.5, 0.6) is 0 Å². The highest BCUT2D eigenvalue weighted by Gasteiger charge is 2.19. The summed E-state index contributed by atoms with van der Waals surface area (Å²) >= 11 is 0. The minimum atomic E-state index is -0.491. The van der Waals surface area contributed by atoms with Crippen LogP contribution in [-0.4, -0.2) is 42.4 Å². The molecule has 1 fully saturated rings. The molecular weight excluding hydrogens is 266 g/mol. The summed E-state index contributed by atoms with van der Waals surface area (Å²) in [6.45, 7) is 5.91. The Morgan fingerprint density at radius 1 is 1.21 bits per heavy atom. The lowest BCUT2D eigenvalue weighted by Crippen LogP contribution is -2.45. The molecule has 0 aromatic carbocycles. The number of rotatable bonds is 5. The summed E-state index contributed by atoms with van der Waals surface area (Å²) in [4.78, 5) is 25.3. The molecule has 5 nitrogen and oxygen atoms in total. The average molecular weight is 292 g/mol. The lowest BCUT2D eigenvalue weighted by molar-refractivity contribution is -0.132. The van der Waals surface area contributed by atoms with E-state index in [1.165, 1.54) is 6.42 Å². The first kappa shape index (κ1) is 18.2. The lowest BCUT2D eigenvalue weighted by atomic mass is 10.1. The van der Waals surface area contributed by atoms with Crippen molar-refractivity contribution in [3.8, 4) is 0 Å². The van der Waals surface area contributed by atoms with Gasteiger partial charge in [0.2, 0.25) is 11.8 Å². The van der Waals surface area contributed by atoms with Gasteiger partial charge in [-0.15, -0.1) is 12.4 Å². The van der Waals surface area contributed by atoms with Gasteiger partial charge in [0, 0.05) is 26.1 Å². The fourth-order valence-electron chi connectivity index (χ4n) is 2.01. The van der Waals surface area contributed by atoms with Gasteiger partial charge >= 0.3 is 0 Å². The van der Waals surface area contributed by atoms with Gasteiger partial charge < -0.3 is 16.0 Å². The van der Waals surface area contributed by atoms with Crippen LogP contribution in [0.3, 0.4) is 0 Å². The maximum absolute atomic E-state index is 11.8. The SMILES string of the molecule is CC(C)[C@H](N)C(=O)NCCC(=O)N1CCCCC1.Cl. The Morgan fingerprint density at radius 2 is 1.79 bits per heavy atom. The number of hydrogen-bond donors (Lipinski definition) is 2. The van der Waals surface area contributed by atoms with Crippen molar-refractivity contribution in [2.75, 3.05) is 19.6 Å². The number of nitrogens with one attached hydrogen (secondary N) is 1. The summed E-state index contributed by atoms with van der Waals surface area (Å²) in [5, 5.41) is 2.72. The molecule has 1 aliphatic heterocycles.